The Morgan fingerprint density at radius 1 is 1.73 bits per heavy atom. The van der Waals surface area contributed by atoms with Crippen molar-refractivity contribution in [2.24, 2.45) is 0 Å². The second-order valence-electron chi connectivity index (χ2n) is 2.08. The molecule has 1 rings (SSSR count). The van der Waals surface area contributed by atoms with E-state index >= 15 is 0 Å². The molecule has 0 saturated heterocycles. The molecule has 3 heteroatoms. The predicted molar refractivity (Wildman–Crippen MR) is 51.7 cm³/mol. The molecule has 0 aliphatic carbocycles. The number of aromatic nitrogens is 1. The minimum absolute atomic E-state index is 0.435. The van der Waals surface area contributed by atoms with Gasteiger partial charge < -0.3 is 0 Å². The van der Waals surface area contributed by atoms with Gasteiger partial charge in [0.25, 0.3) is 0 Å². The van der Waals surface area contributed by atoms with Gasteiger partial charge in [0.05, 0.1) is 0 Å². The van der Waals surface area contributed by atoms with E-state index in [4.69, 9.17) is 11.6 Å². The summed E-state index contributed by atoms with van der Waals surface area (Å²) in [6.07, 6.45) is 1.72. The van der Waals surface area contributed by atoms with Crippen LogP contribution < -0.4 is 0 Å². The van der Waals surface area contributed by atoms with Crippen molar-refractivity contribution in [1.29, 1.82) is 0 Å². The van der Waals surface area contributed by atoms with Crippen molar-refractivity contribution in [2.45, 2.75) is 0 Å². The Labute approximate surface area is 79.2 Å². The molecule has 0 bridgehead atoms. The maximum absolute atomic E-state index is 5.61. The summed E-state index contributed by atoms with van der Waals surface area (Å²) in [5.41, 5.74) is 1.86. The number of allylic oxidation sites excluding steroid dienone is 1. The van der Waals surface area contributed by atoms with Gasteiger partial charge in [0.1, 0.15) is 4.60 Å². The zero-order valence-corrected chi connectivity index (χ0v) is 8.19. The van der Waals surface area contributed by atoms with Crippen molar-refractivity contribution in [3.8, 4) is 0 Å². The van der Waals surface area contributed by atoms with Crippen LogP contribution >= 0.6 is 27.5 Å². The molecule has 1 nitrogen and oxygen atoms in total. The minimum Gasteiger partial charge on any atom is -0.249 e. The van der Waals surface area contributed by atoms with Gasteiger partial charge in [-0.1, -0.05) is 12.6 Å². The molecule has 0 aliphatic heterocycles. The average molecular weight is 233 g/mol. The van der Waals surface area contributed by atoms with Gasteiger partial charge >= 0.3 is 0 Å². The van der Waals surface area contributed by atoms with E-state index in [-0.39, 0.29) is 0 Å². The summed E-state index contributed by atoms with van der Waals surface area (Å²) >= 11 is 8.92. The number of pyridine rings is 1. The highest BCUT2D eigenvalue weighted by molar-refractivity contribution is 9.10. The maximum atomic E-state index is 5.61. The van der Waals surface area contributed by atoms with Gasteiger partial charge in [0, 0.05) is 17.6 Å². The molecule has 0 atom stereocenters. The third-order valence-corrected chi connectivity index (χ3v) is 2.26. The van der Waals surface area contributed by atoms with Crippen LogP contribution in [0, 0.1) is 0 Å². The van der Waals surface area contributed by atoms with E-state index in [2.05, 4.69) is 27.5 Å². The van der Waals surface area contributed by atoms with E-state index in [1.807, 2.05) is 12.1 Å². The lowest BCUT2D eigenvalue weighted by Crippen LogP contribution is -1.87. The number of hydrogen-bond acceptors (Lipinski definition) is 1. The number of halogens is 2. The highest BCUT2D eigenvalue weighted by Gasteiger charge is 2.01. The SMILES string of the molecule is C=C(CCl)c1cccnc1Br. The molecule has 0 aromatic carbocycles. The predicted octanol–water partition coefficient (Wildman–Crippen LogP) is 3.10. The van der Waals surface area contributed by atoms with Gasteiger partial charge in [0.15, 0.2) is 0 Å². The van der Waals surface area contributed by atoms with Crippen LogP contribution in [0.25, 0.3) is 5.57 Å². The molecular weight excluding hydrogens is 225 g/mol. The Balaban J connectivity index is 3.03. The second kappa shape index (κ2) is 3.88. The average Bonchev–Trinajstić information content (AvgIpc) is 2.04. The fourth-order valence-electron chi connectivity index (χ4n) is 0.722. The van der Waals surface area contributed by atoms with E-state index < -0.39 is 0 Å². The lowest BCUT2D eigenvalue weighted by atomic mass is 10.2. The lowest BCUT2D eigenvalue weighted by Gasteiger charge is -2.01. The quantitative estimate of drug-likeness (QED) is 0.564. The maximum Gasteiger partial charge on any atom is 0.113 e. The smallest absolute Gasteiger partial charge is 0.113 e. The molecule has 0 unspecified atom stereocenters. The van der Waals surface area contributed by atoms with Gasteiger partial charge in [-0.3, -0.25) is 0 Å². The van der Waals surface area contributed by atoms with Crippen molar-refractivity contribution in [2.75, 3.05) is 5.88 Å². The first kappa shape index (κ1) is 8.75. The van der Waals surface area contributed by atoms with Crippen molar-refractivity contribution in [3.63, 3.8) is 0 Å². The molecule has 0 amide bonds. The Hall–Kier alpha value is -0.340. The molecule has 0 fully saturated rings. The second-order valence-corrected chi connectivity index (χ2v) is 3.10. The van der Waals surface area contributed by atoms with Crippen molar-refractivity contribution >= 4 is 33.1 Å². The number of alkyl halides is 1. The minimum atomic E-state index is 0.435. The van der Waals surface area contributed by atoms with Crippen LogP contribution in [-0.2, 0) is 0 Å². The highest BCUT2D eigenvalue weighted by atomic mass is 79.9. The Kier molecular flexibility index (Phi) is 3.09. The molecule has 1 heterocycles. The summed E-state index contributed by atoms with van der Waals surface area (Å²) in [5, 5.41) is 0. The van der Waals surface area contributed by atoms with Gasteiger partial charge in [-0.25, -0.2) is 4.98 Å². The van der Waals surface area contributed by atoms with Crippen molar-refractivity contribution < 1.29 is 0 Å². The van der Waals surface area contributed by atoms with E-state index in [0.717, 1.165) is 15.7 Å². The van der Waals surface area contributed by atoms with Gasteiger partial charge in [0.2, 0.25) is 0 Å². The van der Waals surface area contributed by atoms with E-state index in [1.54, 1.807) is 6.20 Å². The molecule has 11 heavy (non-hydrogen) atoms. The highest BCUT2D eigenvalue weighted by Crippen LogP contribution is 2.20. The first-order chi connectivity index (χ1) is 5.25. The zero-order valence-electron chi connectivity index (χ0n) is 5.85. The van der Waals surface area contributed by atoms with Crippen molar-refractivity contribution in [3.05, 3.63) is 35.1 Å². The van der Waals surface area contributed by atoms with Crippen LogP contribution in [0.5, 0.6) is 0 Å². The van der Waals surface area contributed by atoms with E-state index in [1.165, 1.54) is 0 Å². The molecule has 0 spiro atoms. The first-order valence-electron chi connectivity index (χ1n) is 3.10. The lowest BCUT2D eigenvalue weighted by molar-refractivity contribution is 1.25. The van der Waals surface area contributed by atoms with Crippen LogP contribution in [-0.4, -0.2) is 10.9 Å². The van der Waals surface area contributed by atoms with E-state index in [9.17, 15) is 0 Å². The molecule has 58 valence electrons. The summed E-state index contributed by atoms with van der Waals surface area (Å²) in [5.74, 6) is 0.435. The standard InChI is InChI=1S/C8H7BrClN/c1-6(5-10)7-3-2-4-11-8(7)9/h2-4H,1,5H2. The van der Waals surface area contributed by atoms with Crippen LogP contribution in [0.1, 0.15) is 5.56 Å². The summed E-state index contributed by atoms with van der Waals surface area (Å²) in [6, 6.07) is 3.79. The third kappa shape index (κ3) is 2.04. The van der Waals surface area contributed by atoms with Crippen LogP contribution in [0.15, 0.2) is 29.5 Å². The Morgan fingerprint density at radius 2 is 2.45 bits per heavy atom. The van der Waals surface area contributed by atoms with Gasteiger partial charge in [-0.15, -0.1) is 11.6 Å². The molecule has 0 radical (unpaired) electrons. The summed E-state index contributed by atoms with van der Waals surface area (Å²) in [6.45, 7) is 3.80. The largest absolute Gasteiger partial charge is 0.249 e. The number of rotatable bonds is 2. The normalized spacial score (nSPS) is 9.64. The van der Waals surface area contributed by atoms with Gasteiger partial charge in [-0.05, 0) is 27.6 Å². The summed E-state index contributed by atoms with van der Waals surface area (Å²) in [4.78, 5) is 4.05. The molecule has 0 aliphatic rings. The zero-order chi connectivity index (χ0) is 8.27. The van der Waals surface area contributed by atoms with Crippen LogP contribution in [0.3, 0.4) is 0 Å². The topological polar surface area (TPSA) is 12.9 Å². The monoisotopic (exact) mass is 231 g/mol. The fraction of sp³-hybridized carbons (Fsp3) is 0.125. The molecule has 1 aromatic heterocycles. The van der Waals surface area contributed by atoms with E-state index in [0.29, 0.717) is 5.88 Å². The summed E-state index contributed by atoms with van der Waals surface area (Å²) in [7, 11) is 0. The molecule has 0 N–H and O–H groups in total. The fourth-order valence-corrected chi connectivity index (χ4v) is 1.40. The Bertz CT molecular complexity index is 273. The number of hydrogen-bond donors (Lipinski definition) is 0. The Morgan fingerprint density at radius 3 is 3.00 bits per heavy atom. The summed E-state index contributed by atoms with van der Waals surface area (Å²) < 4.78 is 0.797. The molecule has 1 aromatic rings. The number of nitrogens with zero attached hydrogens (tertiary/aromatic N) is 1. The molecule has 0 saturated carbocycles. The van der Waals surface area contributed by atoms with Crippen LogP contribution in [0.4, 0.5) is 0 Å². The molecular formula is C8H7BrClN. The van der Waals surface area contributed by atoms with Gasteiger partial charge in [-0.2, -0.15) is 0 Å². The van der Waals surface area contributed by atoms with Crippen LogP contribution in [0.2, 0.25) is 0 Å². The van der Waals surface area contributed by atoms with Crippen molar-refractivity contribution in [1.82, 2.24) is 4.98 Å². The third-order valence-electron chi connectivity index (χ3n) is 1.30. The first-order valence-corrected chi connectivity index (χ1v) is 4.43.